The molecule has 5 rings (SSSR count). The third kappa shape index (κ3) is 5.84. The number of methoxy groups -OCH3 is 1. The van der Waals surface area contributed by atoms with E-state index in [1.165, 1.54) is 24.1 Å². The number of nitrogens with one attached hydrogen (secondary N) is 2. The molecule has 11 heteroatoms. The Kier molecular flexibility index (Phi) is 7.24. The maximum absolute atomic E-state index is 11.8. The number of carbonyl (C=O) groups excluding carboxylic acids is 1. The van der Waals surface area contributed by atoms with Gasteiger partial charge in [0.25, 0.3) is 5.69 Å². The number of likely N-dealkylation sites (tertiary alicyclic amines) is 1. The highest BCUT2D eigenvalue weighted by Crippen LogP contribution is 2.29. The molecule has 0 unspecified atom stereocenters. The Hall–Kier alpha value is -4.09. The molecule has 0 atom stereocenters. The van der Waals surface area contributed by atoms with Crippen molar-refractivity contribution in [3.63, 3.8) is 0 Å². The molecule has 4 aromatic rings. The Bertz CT molecular complexity index is 1400. The number of piperidine rings is 1. The van der Waals surface area contributed by atoms with Crippen LogP contribution in [0.5, 0.6) is 0 Å². The normalized spacial score (nSPS) is 14.4. The number of rotatable bonds is 8. The average Bonchev–Trinajstić information content (AvgIpc) is 3.42. The number of nitrogens with zero attached hydrogens (tertiary/aromatic N) is 4. The van der Waals surface area contributed by atoms with Crippen molar-refractivity contribution in [3.05, 3.63) is 80.5 Å². The monoisotopic (exact) mass is 518 g/mol. The molecule has 0 radical (unpaired) electrons. The van der Waals surface area contributed by atoms with Gasteiger partial charge in [-0.05, 0) is 54.6 Å². The summed E-state index contributed by atoms with van der Waals surface area (Å²) in [5.41, 5.74) is 1.64. The molecule has 10 nitrogen and oxygen atoms in total. The number of benzene rings is 2. The first-order valence-electron chi connectivity index (χ1n) is 11.9. The van der Waals surface area contributed by atoms with Gasteiger partial charge in [-0.1, -0.05) is 6.07 Å². The summed E-state index contributed by atoms with van der Waals surface area (Å²) in [6, 6.07) is 15.8. The second-order valence-electron chi connectivity index (χ2n) is 8.82. The molecular weight excluding hydrogens is 492 g/mol. The lowest BCUT2D eigenvalue weighted by atomic mass is 10.1. The summed E-state index contributed by atoms with van der Waals surface area (Å²) in [5, 5.41) is 20.7. The van der Waals surface area contributed by atoms with E-state index >= 15 is 0 Å². The number of nitro benzene ring substituents is 1. The van der Waals surface area contributed by atoms with E-state index in [1.807, 2.05) is 0 Å². The van der Waals surface area contributed by atoms with Crippen LogP contribution in [-0.2, 0) is 11.3 Å². The van der Waals surface area contributed by atoms with Crippen molar-refractivity contribution in [1.82, 2.24) is 14.9 Å². The molecule has 2 aromatic carbocycles. The minimum atomic E-state index is -0.440. The Labute approximate surface area is 217 Å². The van der Waals surface area contributed by atoms with Crippen LogP contribution in [0.2, 0.25) is 0 Å². The van der Waals surface area contributed by atoms with Gasteiger partial charge in [0, 0.05) is 53.8 Å². The Morgan fingerprint density at radius 1 is 1.16 bits per heavy atom. The zero-order chi connectivity index (χ0) is 25.8. The van der Waals surface area contributed by atoms with Crippen molar-refractivity contribution < 1.29 is 14.5 Å². The number of nitro groups is 1. The van der Waals surface area contributed by atoms with Crippen LogP contribution < -0.4 is 10.6 Å². The van der Waals surface area contributed by atoms with Gasteiger partial charge in [0.2, 0.25) is 5.95 Å². The largest absolute Gasteiger partial charge is 0.465 e. The van der Waals surface area contributed by atoms with E-state index in [0.717, 1.165) is 32.5 Å². The Morgan fingerprint density at radius 2 is 1.95 bits per heavy atom. The van der Waals surface area contributed by atoms with Crippen LogP contribution in [0.15, 0.2) is 60.0 Å². The molecule has 0 spiro atoms. The number of ether oxygens (including phenoxy) is 1. The standard InChI is InChI=1S/C26H26N6O4S/c1-36-25(33)17-4-6-18(7-5-17)27-24-22-15-20(32(34)35)8-9-23(22)29-26(30-24)28-19-10-12-31(13-11-19)16-21-3-2-14-37-21/h2-9,14-15,19H,10-13,16H2,1H3,(H2,27,28,29,30). The van der Waals surface area contributed by atoms with Gasteiger partial charge in [0.1, 0.15) is 5.82 Å². The fraction of sp³-hybridized carbons (Fsp3) is 0.269. The number of hydrogen-bond donors (Lipinski definition) is 2. The van der Waals surface area contributed by atoms with Gasteiger partial charge < -0.3 is 15.4 Å². The quantitative estimate of drug-likeness (QED) is 0.184. The Morgan fingerprint density at radius 3 is 2.62 bits per heavy atom. The molecule has 0 amide bonds. The zero-order valence-corrected chi connectivity index (χ0v) is 21.0. The molecule has 1 aliphatic heterocycles. The number of aromatic nitrogens is 2. The van der Waals surface area contributed by atoms with Crippen molar-refractivity contribution in [3.8, 4) is 0 Å². The van der Waals surface area contributed by atoms with Crippen molar-refractivity contribution in [1.29, 1.82) is 0 Å². The van der Waals surface area contributed by atoms with Gasteiger partial charge in [0.05, 0.1) is 23.1 Å². The second kappa shape index (κ2) is 10.9. The summed E-state index contributed by atoms with van der Waals surface area (Å²) in [6.07, 6.45) is 1.93. The van der Waals surface area contributed by atoms with Crippen LogP contribution in [-0.4, -0.2) is 52.0 Å². The van der Waals surface area contributed by atoms with Crippen LogP contribution in [0.4, 0.5) is 23.1 Å². The van der Waals surface area contributed by atoms with Gasteiger partial charge in [-0.2, -0.15) is 4.98 Å². The number of carbonyl (C=O) groups is 1. The highest BCUT2D eigenvalue weighted by atomic mass is 32.1. The highest BCUT2D eigenvalue weighted by molar-refractivity contribution is 7.09. The van der Waals surface area contributed by atoms with E-state index in [9.17, 15) is 14.9 Å². The van der Waals surface area contributed by atoms with Crippen LogP contribution >= 0.6 is 11.3 Å². The van der Waals surface area contributed by atoms with Crippen molar-refractivity contribution in [2.45, 2.75) is 25.4 Å². The smallest absolute Gasteiger partial charge is 0.337 e. The summed E-state index contributed by atoms with van der Waals surface area (Å²) in [5.74, 6) is 0.478. The molecule has 1 fully saturated rings. The van der Waals surface area contributed by atoms with Crippen molar-refractivity contribution in [2.24, 2.45) is 0 Å². The molecule has 37 heavy (non-hydrogen) atoms. The van der Waals surface area contributed by atoms with E-state index < -0.39 is 10.9 Å². The number of fused-ring (bicyclic) bond motifs is 1. The molecule has 0 saturated carbocycles. The van der Waals surface area contributed by atoms with Crippen LogP contribution in [0.25, 0.3) is 10.9 Å². The second-order valence-corrected chi connectivity index (χ2v) is 9.85. The summed E-state index contributed by atoms with van der Waals surface area (Å²) >= 11 is 1.78. The third-order valence-electron chi connectivity index (χ3n) is 6.34. The number of hydrogen-bond acceptors (Lipinski definition) is 10. The maximum Gasteiger partial charge on any atom is 0.337 e. The Balaban J connectivity index is 1.36. The molecular formula is C26H26N6O4S. The number of non-ortho nitro benzene ring substituents is 1. The lowest BCUT2D eigenvalue weighted by Gasteiger charge is -2.32. The van der Waals surface area contributed by atoms with E-state index in [0.29, 0.717) is 33.9 Å². The van der Waals surface area contributed by atoms with Crippen LogP contribution in [0, 0.1) is 10.1 Å². The van der Waals surface area contributed by atoms with E-state index in [1.54, 1.807) is 41.7 Å². The SMILES string of the molecule is COC(=O)c1ccc(Nc2nc(NC3CCN(Cc4cccs4)CC3)nc3ccc([N+](=O)[O-])cc23)cc1. The summed E-state index contributed by atoms with van der Waals surface area (Å²) in [6.45, 7) is 2.93. The fourth-order valence-electron chi connectivity index (χ4n) is 4.37. The van der Waals surface area contributed by atoms with Crippen molar-refractivity contribution >= 4 is 51.3 Å². The molecule has 0 aliphatic carbocycles. The predicted molar refractivity (Wildman–Crippen MR) is 143 cm³/mol. The summed E-state index contributed by atoms with van der Waals surface area (Å²) in [4.78, 5) is 35.8. The molecule has 2 N–H and O–H groups in total. The number of esters is 1. The van der Waals surface area contributed by atoms with E-state index in [-0.39, 0.29) is 11.7 Å². The first kappa shape index (κ1) is 24.6. The van der Waals surface area contributed by atoms with Gasteiger partial charge in [-0.25, -0.2) is 9.78 Å². The first-order valence-corrected chi connectivity index (χ1v) is 12.8. The van der Waals surface area contributed by atoms with Gasteiger partial charge in [0.15, 0.2) is 0 Å². The van der Waals surface area contributed by atoms with Crippen LogP contribution in [0.1, 0.15) is 28.1 Å². The zero-order valence-electron chi connectivity index (χ0n) is 20.2. The molecule has 1 aliphatic rings. The lowest BCUT2D eigenvalue weighted by molar-refractivity contribution is -0.384. The molecule has 1 saturated heterocycles. The fourth-order valence-corrected chi connectivity index (χ4v) is 5.12. The first-order chi connectivity index (χ1) is 18.0. The van der Waals surface area contributed by atoms with Gasteiger partial charge in [-0.15, -0.1) is 11.3 Å². The van der Waals surface area contributed by atoms with Crippen molar-refractivity contribution in [2.75, 3.05) is 30.8 Å². The average molecular weight is 519 g/mol. The molecule has 3 heterocycles. The highest BCUT2D eigenvalue weighted by Gasteiger charge is 2.21. The van der Waals surface area contributed by atoms with Crippen LogP contribution in [0.3, 0.4) is 0 Å². The predicted octanol–water partition coefficient (Wildman–Crippen LogP) is 5.21. The summed E-state index contributed by atoms with van der Waals surface area (Å²) in [7, 11) is 1.33. The topological polar surface area (TPSA) is 123 Å². The third-order valence-corrected chi connectivity index (χ3v) is 7.20. The molecule has 190 valence electrons. The number of thiophene rings is 1. The molecule has 2 aromatic heterocycles. The summed E-state index contributed by atoms with van der Waals surface area (Å²) < 4.78 is 4.75. The van der Waals surface area contributed by atoms with E-state index in [2.05, 4.69) is 43.0 Å². The lowest BCUT2D eigenvalue weighted by Crippen LogP contribution is -2.38. The van der Waals surface area contributed by atoms with Gasteiger partial charge >= 0.3 is 5.97 Å². The minimum absolute atomic E-state index is 0.0426. The minimum Gasteiger partial charge on any atom is -0.465 e. The van der Waals surface area contributed by atoms with Gasteiger partial charge in [-0.3, -0.25) is 15.0 Å². The number of anilines is 3. The van der Waals surface area contributed by atoms with E-state index in [4.69, 9.17) is 4.74 Å². The maximum atomic E-state index is 11.8. The molecule has 0 bridgehead atoms.